The van der Waals surface area contributed by atoms with Gasteiger partial charge < -0.3 is 15.1 Å². The van der Waals surface area contributed by atoms with E-state index in [0.29, 0.717) is 19.6 Å². The lowest BCUT2D eigenvalue weighted by molar-refractivity contribution is -0.146. The molecule has 0 aromatic rings. The highest BCUT2D eigenvalue weighted by Crippen LogP contribution is 2.26. The first-order chi connectivity index (χ1) is 12.4. The smallest absolute Gasteiger partial charge is 0.227 e. The minimum absolute atomic E-state index is 0.0354. The standard InChI is InChI=1S/C21H37N3O3/c1-20(2,3)19(27)24-12-8-10-16(14-24)18(26)23-11-7-9-15(13-23)17(25)22-21(4,5)6/h15-16H,7-14H2,1-6H3,(H,22,25). The van der Waals surface area contributed by atoms with E-state index >= 15 is 0 Å². The third-order valence-corrected chi connectivity index (χ3v) is 5.30. The van der Waals surface area contributed by atoms with E-state index in [1.807, 2.05) is 51.3 Å². The van der Waals surface area contributed by atoms with Crippen LogP contribution in [0.15, 0.2) is 0 Å². The van der Waals surface area contributed by atoms with Crippen LogP contribution in [0.3, 0.4) is 0 Å². The predicted octanol–water partition coefficient (Wildman–Crippen LogP) is 2.42. The SMILES string of the molecule is CC(C)(C)NC(=O)C1CCCN(C(=O)C2CCCN(C(=O)C(C)(C)C)C2)C1. The Hall–Kier alpha value is -1.59. The summed E-state index contributed by atoms with van der Waals surface area (Å²) in [5, 5.41) is 3.04. The van der Waals surface area contributed by atoms with E-state index in [9.17, 15) is 14.4 Å². The summed E-state index contributed by atoms with van der Waals surface area (Å²) in [6, 6.07) is 0. The number of carbonyl (C=O) groups excluding carboxylic acids is 3. The highest BCUT2D eigenvalue weighted by atomic mass is 16.2. The number of carbonyl (C=O) groups is 3. The molecule has 0 radical (unpaired) electrons. The first-order valence-electron chi connectivity index (χ1n) is 10.3. The number of hydrogen-bond donors (Lipinski definition) is 1. The average Bonchev–Trinajstić information content (AvgIpc) is 2.58. The van der Waals surface area contributed by atoms with E-state index in [2.05, 4.69) is 5.32 Å². The zero-order chi connectivity index (χ0) is 20.4. The number of nitrogens with one attached hydrogen (secondary N) is 1. The molecular weight excluding hydrogens is 342 g/mol. The van der Waals surface area contributed by atoms with Gasteiger partial charge in [-0.2, -0.15) is 0 Å². The second-order valence-electron chi connectivity index (χ2n) is 10.2. The molecule has 0 aromatic carbocycles. The lowest BCUT2D eigenvalue weighted by atomic mass is 9.89. The molecule has 0 aliphatic carbocycles. The first kappa shape index (κ1) is 21.7. The fourth-order valence-electron chi connectivity index (χ4n) is 3.96. The molecular formula is C21H37N3O3. The largest absolute Gasteiger partial charge is 0.351 e. The minimum atomic E-state index is -0.424. The molecule has 2 rings (SSSR count). The van der Waals surface area contributed by atoms with Crippen LogP contribution < -0.4 is 5.32 Å². The third kappa shape index (κ3) is 5.94. The summed E-state index contributed by atoms with van der Waals surface area (Å²) in [6.07, 6.45) is 3.36. The number of piperidine rings is 2. The van der Waals surface area contributed by atoms with Crippen LogP contribution in [0.5, 0.6) is 0 Å². The predicted molar refractivity (Wildman–Crippen MR) is 106 cm³/mol. The summed E-state index contributed by atoms with van der Waals surface area (Å²) in [5.41, 5.74) is -0.688. The Labute approximate surface area is 164 Å². The summed E-state index contributed by atoms with van der Waals surface area (Å²) in [6.45, 7) is 14.1. The Morgan fingerprint density at radius 1 is 0.815 bits per heavy atom. The Morgan fingerprint density at radius 2 is 1.33 bits per heavy atom. The fourth-order valence-corrected chi connectivity index (χ4v) is 3.96. The number of hydrogen-bond acceptors (Lipinski definition) is 3. The van der Waals surface area contributed by atoms with Gasteiger partial charge >= 0.3 is 0 Å². The van der Waals surface area contributed by atoms with Gasteiger partial charge in [-0.25, -0.2) is 0 Å². The van der Waals surface area contributed by atoms with Gasteiger partial charge in [-0.05, 0) is 46.5 Å². The Balaban J connectivity index is 1.98. The van der Waals surface area contributed by atoms with Gasteiger partial charge in [0.2, 0.25) is 17.7 Å². The van der Waals surface area contributed by atoms with E-state index in [4.69, 9.17) is 0 Å². The molecule has 2 atom stereocenters. The minimum Gasteiger partial charge on any atom is -0.351 e. The molecule has 2 fully saturated rings. The molecule has 6 nitrogen and oxygen atoms in total. The molecule has 2 heterocycles. The van der Waals surface area contributed by atoms with Crippen molar-refractivity contribution in [3.05, 3.63) is 0 Å². The summed E-state index contributed by atoms with van der Waals surface area (Å²) in [7, 11) is 0. The molecule has 2 unspecified atom stereocenters. The van der Waals surface area contributed by atoms with Crippen molar-refractivity contribution in [2.24, 2.45) is 17.3 Å². The lowest BCUT2D eigenvalue weighted by Gasteiger charge is -2.39. The van der Waals surface area contributed by atoms with E-state index < -0.39 is 5.41 Å². The zero-order valence-electron chi connectivity index (χ0n) is 17.9. The molecule has 1 N–H and O–H groups in total. The molecule has 2 aliphatic heterocycles. The van der Waals surface area contributed by atoms with Gasteiger partial charge in [-0.1, -0.05) is 20.8 Å². The van der Waals surface area contributed by atoms with Gasteiger partial charge in [0.1, 0.15) is 0 Å². The second kappa shape index (κ2) is 8.19. The maximum absolute atomic E-state index is 13.1. The van der Waals surface area contributed by atoms with Crippen molar-refractivity contribution in [3.8, 4) is 0 Å². The van der Waals surface area contributed by atoms with Crippen molar-refractivity contribution in [3.63, 3.8) is 0 Å². The van der Waals surface area contributed by atoms with Crippen LogP contribution in [-0.2, 0) is 14.4 Å². The molecule has 0 saturated carbocycles. The second-order valence-corrected chi connectivity index (χ2v) is 10.2. The van der Waals surface area contributed by atoms with Crippen LogP contribution in [0.25, 0.3) is 0 Å². The van der Waals surface area contributed by atoms with E-state index in [-0.39, 0.29) is 35.1 Å². The van der Waals surface area contributed by atoms with Gasteiger partial charge in [0.25, 0.3) is 0 Å². The van der Waals surface area contributed by atoms with Crippen LogP contribution in [0.1, 0.15) is 67.2 Å². The first-order valence-corrected chi connectivity index (χ1v) is 10.3. The van der Waals surface area contributed by atoms with Crippen molar-refractivity contribution in [2.45, 2.75) is 72.8 Å². The number of amides is 3. The summed E-state index contributed by atoms with van der Waals surface area (Å²) >= 11 is 0. The maximum Gasteiger partial charge on any atom is 0.227 e. The molecule has 154 valence electrons. The van der Waals surface area contributed by atoms with Crippen molar-refractivity contribution in [1.29, 1.82) is 0 Å². The van der Waals surface area contributed by atoms with Crippen molar-refractivity contribution < 1.29 is 14.4 Å². The molecule has 0 spiro atoms. The summed E-state index contributed by atoms with van der Waals surface area (Å²) in [4.78, 5) is 41.9. The van der Waals surface area contributed by atoms with Crippen molar-refractivity contribution >= 4 is 17.7 Å². The molecule has 6 heteroatoms. The van der Waals surface area contributed by atoms with E-state index in [1.165, 1.54) is 0 Å². The van der Waals surface area contributed by atoms with Crippen molar-refractivity contribution in [1.82, 2.24) is 15.1 Å². The topological polar surface area (TPSA) is 69.7 Å². The highest BCUT2D eigenvalue weighted by Gasteiger charge is 2.37. The van der Waals surface area contributed by atoms with Gasteiger partial charge in [0.05, 0.1) is 11.8 Å². The number of rotatable bonds is 2. The van der Waals surface area contributed by atoms with Crippen LogP contribution in [0.4, 0.5) is 0 Å². The molecule has 27 heavy (non-hydrogen) atoms. The monoisotopic (exact) mass is 379 g/mol. The van der Waals surface area contributed by atoms with E-state index in [0.717, 1.165) is 32.2 Å². The molecule has 2 aliphatic rings. The number of likely N-dealkylation sites (tertiary alicyclic amines) is 2. The van der Waals surface area contributed by atoms with Crippen LogP contribution in [-0.4, -0.2) is 59.2 Å². The highest BCUT2D eigenvalue weighted by molar-refractivity contribution is 5.85. The van der Waals surface area contributed by atoms with Gasteiger partial charge in [0.15, 0.2) is 0 Å². The zero-order valence-corrected chi connectivity index (χ0v) is 17.9. The van der Waals surface area contributed by atoms with Gasteiger partial charge in [0, 0.05) is 37.1 Å². The summed E-state index contributed by atoms with van der Waals surface area (Å²) in [5.74, 6) is -0.0313. The van der Waals surface area contributed by atoms with Crippen LogP contribution in [0.2, 0.25) is 0 Å². The number of nitrogens with zero attached hydrogens (tertiary/aromatic N) is 2. The lowest BCUT2D eigenvalue weighted by Crippen LogP contribution is -2.53. The Morgan fingerprint density at radius 3 is 1.89 bits per heavy atom. The summed E-state index contributed by atoms with van der Waals surface area (Å²) < 4.78 is 0. The van der Waals surface area contributed by atoms with Gasteiger partial charge in [-0.15, -0.1) is 0 Å². The van der Waals surface area contributed by atoms with Crippen molar-refractivity contribution in [2.75, 3.05) is 26.2 Å². The third-order valence-electron chi connectivity index (χ3n) is 5.30. The maximum atomic E-state index is 13.1. The Bertz CT molecular complexity index is 574. The Kier molecular flexibility index (Phi) is 6.59. The van der Waals surface area contributed by atoms with E-state index in [1.54, 1.807) is 0 Å². The molecule has 2 saturated heterocycles. The molecule has 0 bridgehead atoms. The fraction of sp³-hybridized carbons (Fsp3) is 0.857. The normalized spacial score (nSPS) is 24.5. The van der Waals surface area contributed by atoms with Crippen LogP contribution >= 0.6 is 0 Å². The molecule has 3 amide bonds. The molecule has 0 aromatic heterocycles. The average molecular weight is 380 g/mol. The quantitative estimate of drug-likeness (QED) is 0.801. The van der Waals surface area contributed by atoms with Gasteiger partial charge in [-0.3, -0.25) is 14.4 Å². The van der Waals surface area contributed by atoms with Crippen LogP contribution in [0, 0.1) is 17.3 Å².